The molecule has 0 radical (unpaired) electrons. The number of carbonyl (C=O) groups is 3. The van der Waals surface area contributed by atoms with E-state index in [-0.39, 0.29) is 30.6 Å². The van der Waals surface area contributed by atoms with Crippen LogP contribution in [0.5, 0.6) is 0 Å². The number of carboxylic acids is 1. The Kier molecular flexibility index (Phi) is 8.30. The van der Waals surface area contributed by atoms with Crippen molar-refractivity contribution in [3.05, 3.63) is 59.7 Å². The standard InChI is InChI=1S/C26H30N2O6S/c29-23(28-26(15-24(30)31)9-12-33-13-10-26)17-35-14-11-27-25(32)34-16-22-20-7-3-1-5-18(20)19-6-2-4-8-21(19)22/h1-8,22H,9-17H2,(H,27,32)(H,28,29)(H,30,31). The number of alkyl carbamates (subject to hydrolysis) is 1. The number of amides is 2. The summed E-state index contributed by atoms with van der Waals surface area (Å²) in [6, 6.07) is 16.3. The predicted octanol–water partition coefficient (Wildman–Crippen LogP) is 3.40. The van der Waals surface area contributed by atoms with Crippen LogP contribution in [0.1, 0.15) is 36.3 Å². The van der Waals surface area contributed by atoms with E-state index in [0.717, 1.165) is 11.1 Å². The van der Waals surface area contributed by atoms with Gasteiger partial charge in [0.15, 0.2) is 0 Å². The number of ether oxygens (including phenoxy) is 2. The number of fused-ring (bicyclic) bond motifs is 3. The second kappa shape index (κ2) is 11.6. The van der Waals surface area contributed by atoms with Crippen LogP contribution in [-0.4, -0.2) is 66.5 Å². The van der Waals surface area contributed by atoms with Gasteiger partial charge in [0.1, 0.15) is 6.61 Å². The van der Waals surface area contributed by atoms with Gasteiger partial charge in [-0.05, 0) is 35.1 Å². The fraction of sp³-hybridized carbons (Fsp3) is 0.423. The lowest BCUT2D eigenvalue weighted by atomic mass is 9.86. The van der Waals surface area contributed by atoms with Gasteiger partial charge in [0, 0.05) is 31.4 Å². The molecule has 1 fully saturated rings. The summed E-state index contributed by atoms with van der Waals surface area (Å²) in [5.74, 6) is -0.415. The monoisotopic (exact) mass is 498 g/mol. The quantitative estimate of drug-likeness (QED) is 0.430. The Hall–Kier alpha value is -3.04. The summed E-state index contributed by atoms with van der Waals surface area (Å²) in [5, 5.41) is 14.8. The van der Waals surface area contributed by atoms with Crippen LogP contribution >= 0.6 is 11.8 Å². The van der Waals surface area contributed by atoms with E-state index in [9.17, 15) is 19.5 Å². The topological polar surface area (TPSA) is 114 Å². The van der Waals surface area contributed by atoms with Crippen LogP contribution in [0, 0.1) is 0 Å². The van der Waals surface area contributed by atoms with Crippen molar-refractivity contribution in [1.29, 1.82) is 0 Å². The molecule has 0 bridgehead atoms. The molecule has 1 saturated heterocycles. The third-order valence-corrected chi connectivity index (χ3v) is 7.40. The molecule has 9 heteroatoms. The minimum Gasteiger partial charge on any atom is -0.481 e. The molecule has 2 amide bonds. The summed E-state index contributed by atoms with van der Waals surface area (Å²) in [6.45, 7) is 1.49. The Balaban J connectivity index is 1.17. The fourth-order valence-electron chi connectivity index (χ4n) is 4.77. The molecule has 0 atom stereocenters. The number of rotatable bonds is 10. The van der Waals surface area contributed by atoms with Crippen molar-refractivity contribution in [3.63, 3.8) is 0 Å². The van der Waals surface area contributed by atoms with Gasteiger partial charge in [0.05, 0.1) is 17.7 Å². The van der Waals surface area contributed by atoms with E-state index in [1.165, 1.54) is 22.9 Å². The first kappa shape index (κ1) is 25.1. The Morgan fingerprint density at radius 3 is 2.29 bits per heavy atom. The second-order valence-corrected chi connectivity index (χ2v) is 9.92. The predicted molar refractivity (Wildman–Crippen MR) is 134 cm³/mol. The third kappa shape index (κ3) is 6.35. The van der Waals surface area contributed by atoms with Crippen molar-refractivity contribution in [2.75, 3.05) is 37.9 Å². The van der Waals surface area contributed by atoms with E-state index in [2.05, 4.69) is 34.9 Å². The zero-order valence-corrected chi connectivity index (χ0v) is 20.3. The minimum atomic E-state index is -0.938. The summed E-state index contributed by atoms with van der Waals surface area (Å²) in [5.41, 5.74) is 3.93. The molecule has 2 aliphatic rings. The van der Waals surface area contributed by atoms with Gasteiger partial charge in [-0.15, -0.1) is 0 Å². The number of aliphatic carboxylic acids is 1. The van der Waals surface area contributed by atoms with Crippen molar-refractivity contribution < 1.29 is 29.0 Å². The zero-order chi connectivity index (χ0) is 24.7. The summed E-state index contributed by atoms with van der Waals surface area (Å²) < 4.78 is 10.8. The van der Waals surface area contributed by atoms with E-state index in [1.54, 1.807) is 0 Å². The minimum absolute atomic E-state index is 0.00883. The average Bonchev–Trinajstić information content (AvgIpc) is 3.16. The third-order valence-electron chi connectivity index (χ3n) is 6.44. The van der Waals surface area contributed by atoms with Gasteiger partial charge in [0.2, 0.25) is 5.91 Å². The number of thioether (sulfide) groups is 1. The van der Waals surface area contributed by atoms with Crippen LogP contribution in [0.25, 0.3) is 11.1 Å². The van der Waals surface area contributed by atoms with Gasteiger partial charge < -0.3 is 25.2 Å². The highest BCUT2D eigenvalue weighted by molar-refractivity contribution is 7.99. The van der Waals surface area contributed by atoms with Crippen LogP contribution < -0.4 is 10.6 Å². The fourth-order valence-corrected chi connectivity index (χ4v) is 5.42. The summed E-state index contributed by atoms with van der Waals surface area (Å²) in [6.07, 6.45) is 0.369. The highest BCUT2D eigenvalue weighted by Crippen LogP contribution is 2.44. The molecule has 186 valence electrons. The van der Waals surface area contributed by atoms with E-state index < -0.39 is 17.6 Å². The van der Waals surface area contributed by atoms with E-state index in [0.29, 0.717) is 38.4 Å². The van der Waals surface area contributed by atoms with Crippen molar-refractivity contribution in [2.45, 2.75) is 30.7 Å². The summed E-state index contributed by atoms with van der Waals surface area (Å²) in [7, 11) is 0. The molecule has 2 aromatic rings. The maximum absolute atomic E-state index is 12.4. The molecule has 8 nitrogen and oxygen atoms in total. The van der Waals surface area contributed by atoms with Gasteiger partial charge in [-0.1, -0.05) is 48.5 Å². The smallest absolute Gasteiger partial charge is 0.407 e. The maximum Gasteiger partial charge on any atom is 0.407 e. The first-order valence-electron chi connectivity index (χ1n) is 11.7. The van der Waals surface area contributed by atoms with Crippen molar-refractivity contribution in [3.8, 4) is 11.1 Å². The van der Waals surface area contributed by atoms with Crippen LogP contribution in [0.2, 0.25) is 0 Å². The van der Waals surface area contributed by atoms with Crippen molar-refractivity contribution in [1.82, 2.24) is 10.6 Å². The number of hydrogen-bond donors (Lipinski definition) is 3. The Labute approximate surface area is 208 Å². The largest absolute Gasteiger partial charge is 0.481 e. The van der Waals surface area contributed by atoms with E-state index in [1.807, 2.05) is 24.3 Å². The number of carbonyl (C=O) groups excluding carboxylic acids is 2. The lowest BCUT2D eigenvalue weighted by Gasteiger charge is -2.36. The molecule has 2 aromatic carbocycles. The summed E-state index contributed by atoms with van der Waals surface area (Å²) in [4.78, 5) is 35.8. The van der Waals surface area contributed by atoms with Crippen LogP contribution in [0.4, 0.5) is 4.79 Å². The molecule has 1 aliphatic carbocycles. The Morgan fingerprint density at radius 1 is 1.03 bits per heavy atom. The zero-order valence-electron chi connectivity index (χ0n) is 19.5. The Bertz CT molecular complexity index is 1020. The van der Waals surface area contributed by atoms with Crippen molar-refractivity contribution >= 4 is 29.7 Å². The van der Waals surface area contributed by atoms with Gasteiger partial charge in [0.25, 0.3) is 0 Å². The SMILES string of the molecule is O=C(O)CC1(NC(=O)CSCCNC(=O)OCC2c3ccccc3-c3ccccc32)CCOCC1. The normalized spacial score (nSPS) is 16.1. The molecular weight excluding hydrogens is 468 g/mol. The first-order valence-corrected chi connectivity index (χ1v) is 12.9. The highest BCUT2D eigenvalue weighted by atomic mass is 32.2. The molecular formula is C26H30N2O6S. The van der Waals surface area contributed by atoms with Gasteiger partial charge in [-0.2, -0.15) is 11.8 Å². The molecule has 4 rings (SSSR count). The second-order valence-electron chi connectivity index (χ2n) is 8.82. The molecule has 0 aromatic heterocycles. The van der Waals surface area contributed by atoms with Crippen LogP contribution in [0.15, 0.2) is 48.5 Å². The van der Waals surface area contributed by atoms with Gasteiger partial charge in [-0.25, -0.2) is 4.79 Å². The lowest BCUT2D eigenvalue weighted by Crippen LogP contribution is -2.53. The lowest BCUT2D eigenvalue weighted by molar-refractivity contribution is -0.140. The van der Waals surface area contributed by atoms with Crippen LogP contribution in [0.3, 0.4) is 0 Å². The number of benzene rings is 2. The van der Waals surface area contributed by atoms with Gasteiger partial charge in [-0.3, -0.25) is 9.59 Å². The van der Waals surface area contributed by atoms with Crippen molar-refractivity contribution in [2.24, 2.45) is 0 Å². The van der Waals surface area contributed by atoms with Crippen LogP contribution in [-0.2, 0) is 19.1 Å². The maximum atomic E-state index is 12.4. The molecule has 1 heterocycles. The molecule has 0 spiro atoms. The molecule has 35 heavy (non-hydrogen) atoms. The number of nitrogens with one attached hydrogen (secondary N) is 2. The summed E-state index contributed by atoms with van der Waals surface area (Å²) >= 11 is 1.37. The molecule has 1 aliphatic heterocycles. The number of hydrogen-bond acceptors (Lipinski definition) is 6. The number of carboxylic acid groups (broad SMARTS) is 1. The molecule has 0 unspecified atom stereocenters. The highest BCUT2D eigenvalue weighted by Gasteiger charge is 2.36. The average molecular weight is 499 g/mol. The molecule has 3 N–H and O–H groups in total. The first-order chi connectivity index (χ1) is 17.0. The molecule has 0 saturated carbocycles. The Morgan fingerprint density at radius 2 is 1.66 bits per heavy atom. The van der Waals surface area contributed by atoms with E-state index in [4.69, 9.17) is 9.47 Å². The van der Waals surface area contributed by atoms with Gasteiger partial charge >= 0.3 is 12.1 Å². The van der Waals surface area contributed by atoms with E-state index >= 15 is 0 Å².